The molecule has 0 bridgehead atoms. The Hall–Kier alpha value is 0.500. The van der Waals surface area contributed by atoms with E-state index in [1.165, 1.54) is 38.5 Å². The molecule has 0 aromatic heterocycles. The molecule has 0 radical (unpaired) electrons. The Morgan fingerprint density at radius 1 is 0.947 bits per heavy atom. The zero-order chi connectivity index (χ0) is 13.7. The minimum absolute atomic E-state index is 0.495. The van der Waals surface area contributed by atoms with Crippen LogP contribution in [0.4, 0.5) is 0 Å². The highest BCUT2D eigenvalue weighted by molar-refractivity contribution is 8.56. The molecular formula is C14H29N2OPS. The van der Waals surface area contributed by atoms with Crippen LogP contribution in [0.5, 0.6) is 0 Å². The molecular weight excluding hydrogens is 275 g/mol. The van der Waals surface area contributed by atoms with Crippen LogP contribution >= 0.6 is 18.0 Å². The SMILES string of the molecule is CCC(C)SP(=O)(N1CCCCC1)N1CCCCC1. The molecule has 2 heterocycles. The summed E-state index contributed by atoms with van der Waals surface area (Å²) >= 11 is 1.77. The van der Waals surface area contributed by atoms with Crippen LogP contribution in [-0.4, -0.2) is 40.8 Å². The van der Waals surface area contributed by atoms with Gasteiger partial charge in [-0.2, -0.15) is 0 Å². The van der Waals surface area contributed by atoms with Crippen LogP contribution in [0.2, 0.25) is 0 Å². The fourth-order valence-corrected chi connectivity index (χ4v) is 9.33. The Bertz CT molecular complexity index is 293. The summed E-state index contributed by atoms with van der Waals surface area (Å²) in [6.45, 7) is 6.23. The van der Waals surface area contributed by atoms with Crippen molar-refractivity contribution < 1.29 is 4.57 Å². The molecule has 2 aliphatic rings. The number of hydrogen-bond acceptors (Lipinski definition) is 2. The predicted octanol–water partition coefficient (Wildman–Crippen LogP) is 4.60. The third kappa shape index (κ3) is 4.00. The van der Waals surface area contributed by atoms with Gasteiger partial charge in [0.1, 0.15) is 0 Å². The number of rotatable bonds is 5. The first kappa shape index (κ1) is 15.9. The number of piperidine rings is 2. The summed E-state index contributed by atoms with van der Waals surface area (Å²) in [6, 6.07) is 0. The highest BCUT2D eigenvalue weighted by Gasteiger charge is 2.39. The van der Waals surface area contributed by atoms with Crippen molar-refractivity contribution in [3.05, 3.63) is 0 Å². The monoisotopic (exact) mass is 304 g/mol. The zero-order valence-corrected chi connectivity index (χ0v) is 14.2. The van der Waals surface area contributed by atoms with Crippen molar-refractivity contribution in [2.75, 3.05) is 26.2 Å². The highest BCUT2D eigenvalue weighted by atomic mass is 32.7. The van der Waals surface area contributed by atoms with Gasteiger partial charge in [-0.3, -0.25) is 4.57 Å². The Kier molecular flexibility index (Phi) is 6.26. The molecule has 112 valence electrons. The van der Waals surface area contributed by atoms with E-state index in [-0.39, 0.29) is 0 Å². The summed E-state index contributed by atoms with van der Waals surface area (Å²) in [4.78, 5) is 0. The second-order valence-electron chi connectivity index (χ2n) is 5.84. The molecule has 19 heavy (non-hydrogen) atoms. The van der Waals surface area contributed by atoms with Gasteiger partial charge in [-0.1, -0.05) is 38.1 Å². The van der Waals surface area contributed by atoms with Crippen LogP contribution in [0.15, 0.2) is 0 Å². The molecule has 0 N–H and O–H groups in total. The molecule has 1 atom stereocenters. The van der Waals surface area contributed by atoms with Gasteiger partial charge < -0.3 is 0 Å². The average Bonchev–Trinajstić information content (AvgIpc) is 2.48. The van der Waals surface area contributed by atoms with Gasteiger partial charge in [0, 0.05) is 31.4 Å². The largest absolute Gasteiger partial charge is 0.276 e. The third-order valence-electron chi connectivity index (χ3n) is 4.27. The van der Waals surface area contributed by atoms with Crippen molar-refractivity contribution >= 4 is 18.0 Å². The van der Waals surface area contributed by atoms with Crippen LogP contribution in [-0.2, 0) is 4.57 Å². The summed E-state index contributed by atoms with van der Waals surface area (Å²) in [5, 5.41) is 0.495. The van der Waals surface area contributed by atoms with Crippen molar-refractivity contribution in [2.45, 2.75) is 64.0 Å². The fraction of sp³-hybridized carbons (Fsp3) is 1.00. The van der Waals surface area contributed by atoms with Gasteiger partial charge in [0.25, 0.3) is 6.65 Å². The van der Waals surface area contributed by atoms with Crippen LogP contribution in [0.1, 0.15) is 58.8 Å². The van der Waals surface area contributed by atoms with Gasteiger partial charge >= 0.3 is 0 Å². The molecule has 0 spiro atoms. The van der Waals surface area contributed by atoms with Gasteiger partial charge in [0.15, 0.2) is 0 Å². The fourth-order valence-electron chi connectivity index (χ4n) is 2.88. The van der Waals surface area contributed by atoms with Gasteiger partial charge in [0.2, 0.25) is 0 Å². The summed E-state index contributed by atoms with van der Waals surface area (Å²) < 4.78 is 18.4. The minimum atomic E-state index is -2.36. The van der Waals surface area contributed by atoms with E-state index in [1.54, 1.807) is 11.4 Å². The summed E-state index contributed by atoms with van der Waals surface area (Å²) in [6.07, 6.45) is 8.61. The molecule has 0 aromatic rings. The average molecular weight is 304 g/mol. The second kappa shape index (κ2) is 7.49. The minimum Gasteiger partial charge on any atom is -0.276 e. The lowest BCUT2D eigenvalue weighted by Gasteiger charge is -2.42. The maximum atomic E-state index is 13.7. The molecule has 2 saturated heterocycles. The van der Waals surface area contributed by atoms with E-state index in [4.69, 9.17) is 0 Å². The quantitative estimate of drug-likeness (QED) is 0.693. The molecule has 5 heteroatoms. The van der Waals surface area contributed by atoms with E-state index >= 15 is 0 Å². The first-order chi connectivity index (χ1) is 9.16. The summed E-state index contributed by atoms with van der Waals surface area (Å²) in [5.41, 5.74) is 0. The first-order valence-corrected chi connectivity index (χ1v) is 11.1. The Morgan fingerprint density at radius 3 is 1.74 bits per heavy atom. The molecule has 0 aliphatic carbocycles. The topological polar surface area (TPSA) is 23.6 Å². The molecule has 0 amide bonds. The van der Waals surface area contributed by atoms with E-state index in [2.05, 4.69) is 23.2 Å². The normalized spacial score (nSPS) is 25.4. The maximum Gasteiger partial charge on any atom is 0.271 e. The maximum absolute atomic E-state index is 13.7. The van der Waals surface area contributed by atoms with E-state index in [0.717, 1.165) is 32.6 Å². The molecule has 0 saturated carbocycles. The number of hydrogen-bond donors (Lipinski definition) is 0. The van der Waals surface area contributed by atoms with Crippen LogP contribution in [0.25, 0.3) is 0 Å². The van der Waals surface area contributed by atoms with E-state index in [1.807, 2.05) is 0 Å². The number of nitrogens with zero attached hydrogens (tertiary/aromatic N) is 2. The lowest BCUT2D eigenvalue weighted by Crippen LogP contribution is -2.37. The van der Waals surface area contributed by atoms with Crippen molar-refractivity contribution in [1.29, 1.82) is 0 Å². The van der Waals surface area contributed by atoms with Crippen molar-refractivity contribution in [3.63, 3.8) is 0 Å². The van der Waals surface area contributed by atoms with Gasteiger partial charge in [-0.15, -0.1) is 0 Å². The van der Waals surface area contributed by atoms with Gasteiger partial charge in [0.05, 0.1) is 0 Å². The standard InChI is InChI=1S/C14H29N2OPS/c1-3-14(2)19-18(17,15-10-6-4-7-11-15)16-12-8-5-9-13-16/h14H,3-13H2,1-2H3. The highest BCUT2D eigenvalue weighted by Crippen LogP contribution is 2.67. The Labute approximate surface area is 122 Å². The second-order valence-corrected chi connectivity index (χ2v) is 11.0. The van der Waals surface area contributed by atoms with E-state index in [9.17, 15) is 4.57 Å². The summed E-state index contributed by atoms with van der Waals surface area (Å²) in [7, 11) is 0. The third-order valence-corrected chi connectivity index (χ3v) is 10.8. The predicted molar refractivity (Wildman–Crippen MR) is 85.8 cm³/mol. The molecule has 0 aromatic carbocycles. The van der Waals surface area contributed by atoms with Crippen molar-refractivity contribution in [3.8, 4) is 0 Å². The Morgan fingerprint density at radius 2 is 1.37 bits per heavy atom. The van der Waals surface area contributed by atoms with Gasteiger partial charge in [-0.25, -0.2) is 9.34 Å². The molecule has 3 nitrogen and oxygen atoms in total. The van der Waals surface area contributed by atoms with Crippen molar-refractivity contribution in [1.82, 2.24) is 9.34 Å². The van der Waals surface area contributed by atoms with Crippen molar-refractivity contribution in [2.24, 2.45) is 0 Å². The molecule has 2 fully saturated rings. The molecule has 2 aliphatic heterocycles. The molecule has 2 rings (SSSR count). The Balaban J connectivity index is 2.12. The van der Waals surface area contributed by atoms with E-state index in [0.29, 0.717) is 5.25 Å². The van der Waals surface area contributed by atoms with E-state index < -0.39 is 6.65 Å². The summed E-state index contributed by atoms with van der Waals surface area (Å²) in [5.74, 6) is 0. The molecule has 1 unspecified atom stereocenters. The first-order valence-electron chi connectivity index (χ1n) is 7.96. The van der Waals surface area contributed by atoms with Crippen LogP contribution in [0, 0.1) is 0 Å². The zero-order valence-electron chi connectivity index (χ0n) is 12.5. The van der Waals surface area contributed by atoms with Crippen LogP contribution in [0.3, 0.4) is 0 Å². The lowest BCUT2D eigenvalue weighted by molar-refractivity contribution is 0.287. The lowest BCUT2D eigenvalue weighted by atomic mass is 10.2. The van der Waals surface area contributed by atoms with Gasteiger partial charge in [-0.05, 0) is 32.1 Å². The smallest absolute Gasteiger partial charge is 0.271 e. The van der Waals surface area contributed by atoms with Crippen LogP contribution < -0.4 is 0 Å².